The molecule has 96 valence electrons. The van der Waals surface area contributed by atoms with E-state index in [1.165, 1.54) is 0 Å². The van der Waals surface area contributed by atoms with E-state index in [9.17, 15) is 5.11 Å². The zero-order valence-electron chi connectivity index (χ0n) is 11.2. The van der Waals surface area contributed by atoms with Crippen molar-refractivity contribution in [2.45, 2.75) is 52.1 Å². The Kier molecular flexibility index (Phi) is 4.96. The molecule has 2 atom stereocenters. The Bertz CT molecular complexity index is 340. The van der Waals surface area contributed by atoms with Gasteiger partial charge in [0, 0.05) is 10.3 Å². The third-order valence-corrected chi connectivity index (χ3v) is 5.05. The Morgan fingerprint density at radius 2 is 2.18 bits per heavy atom. The van der Waals surface area contributed by atoms with Gasteiger partial charge in [0.15, 0.2) is 0 Å². The SMILES string of the molecule is C=C[C@](CC)(CCCC)[C@@](C)(O)c1cccs1. The highest BCUT2D eigenvalue weighted by molar-refractivity contribution is 7.10. The van der Waals surface area contributed by atoms with Crippen LogP contribution in [-0.4, -0.2) is 5.11 Å². The van der Waals surface area contributed by atoms with Gasteiger partial charge in [-0.25, -0.2) is 0 Å². The Morgan fingerprint density at radius 1 is 1.47 bits per heavy atom. The van der Waals surface area contributed by atoms with Gasteiger partial charge < -0.3 is 5.11 Å². The van der Waals surface area contributed by atoms with Crippen LogP contribution in [0.1, 0.15) is 51.3 Å². The Hall–Kier alpha value is -0.600. The van der Waals surface area contributed by atoms with Gasteiger partial charge in [0.05, 0.1) is 0 Å². The molecule has 1 aromatic rings. The summed E-state index contributed by atoms with van der Waals surface area (Å²) >= 11 is 1.62. The Morgan fingerprint density at radius 3 is 2.59 bits per heavy atom. The van der Waals surface area contributed by atoms with E-state index >= 15 is 0 Å². The first-order valence-electron chi connectivity index (χ1n) is 6.44. The maximum atomic E-state index is 11.0. The van der Waals surface area contributed by atoms with Crippen LogP contribution in [0.2, 0.25) is 0 Å². The van der Waals surface area contributed by atoms with Crippen LogP contribution in [0.3, 0.4) is 0 Å². The summed E-state index contributed by atoms with van der Waals surface area (Å²) in [5.74, 6) is 0. The van der Waals surface area contributed by atoms with Crippen molar-refractivity contribution < 1.29 is 5.11 Å². The summed E-state index contributed by atoms with van der Waals surface area (Å²) in [4.78, 5) is 1.04. The average Bonchev–Trinajstić information content (AvgIpc) is 2.85. The molecule has 1 N–H and O–H groups in total. The highest BCUT2D eigenvalue weighted by Crippen LogP contribution is 2.48. The molecule has 17 heavy (non-hydrogen) atoms. The second-order valence-corrected chi connectivity index (χ2v) is 5.81. The van der Waals surface area contributed by atoms with Gasteiger partial charge in [0.2, 0.25) is 0 Å². The van der Waals surface area contributed by atoms with E-state index in [-0.39, 0.29) is 5.41 Å². The van der Waals surface area contributed by atoms with Gasteiger partial charge in [-0.1, -0.05) is 38.8 Å². The van der Waals surface area contributed by atoms with Crippen molar-refractivity contribution in [1.82, 2.24) is 0 Å². The van der Waals surface area contributed by atoms with Crippen molar-refractivity contribution >= 4 is 11.3 Å². The van der Waals surface area contributed by atoms with Gasteiger partial charge in [0.1, 0.15) is 5.60 Å². The summed E-state index contributed by atoms with van der Waals surface area (Å²) < 4.78 is 0. The fourth-order valence-corrected chi connectivity index (χ4v) is 3.40. The maximum absolute atomic E-state index is 11.0. The smallest absolute Gasteiger partial charge is 0.105 e. The van der Waals surface area contributed by atoms with Crippen LogP contribution in [0.25, 0.3) is 0 Å². The molecule has 0 fully saturated rings. The summed E-state index contributed by atoms with van der Waals surface area (Å²) in [6.07, 6.45) is 6.15. The molecule has 0 spiro atoms. The van der Waals surface area contributed by atoms with Crippen LogP contribution < -0.4 is 0 Å². The molecule has 0 aliphatic heterocycles. The molecule has 0 saturated heterocycles. The van der Waals surface area contributed by atoms with Crippen molar-refractivity contribution in [2.24, 2.45) is 5.41 Å². The van der Waals surface area contributed by atoms with Crippen LogP contribution in [0, 0.1) is 5.41 Å². The molecule has 0 aliphatic rings. The molecule has 2 heteroatoms. The maximum Gasteiger partial charge on any atom is 0.105 e. The summed E-state index contributed by atoms with van der Waals surface area (Å²) in [6, 6.07) is 4.02. The van der Waals surface area contributed by atoms with E-state index in [4.69, 9.17) is 0 Å². The van der Waals surface area contributed by atoms with Crippen molar-refractivity contribution in [2.75, 3.05) is 0 Å². The molecule has 0 bridgehead atoms. The first-order valence-corrected chi connectivity index (χ1v) is 7.32. The van der Waals surface area contributed by atoms with Crippen molar-refractivity contribution in [3.8, 4) is 0 Å². The van der Waals surface area contributed by atoms with Crippen LogP contribution in [-0.2, 0) is 5.60 Å². The van der Waals surface area contributed by atoms with Crippen LogP contribution in [0.4, 0.5) is 0 Å². The lowest BCUT2D eigenvalue weighted by atomic mass is 9.67. The highest BCUT2D eigenvalue weighted by atomic mass is 32.1. The van der Waals surface area contributed by atoms with Crippen LogP contribution in [0.15, 0.2) is 30.2 Å². The molecule has 0 aliphatic carbocycles. The molecular formula is C15H24OS. The predicted octanol–water partition coefficient (Wildman–Crippen LogP) is 4.73. The third kappa shape index (κ3) is 2.63. The van der Waals surface area contributed by atoms with Crippen LogP contribution in [0.5, 0.6) is 0 Å². The molecule has 0 aromatic carbocycles. The number of hydrogen-bond donors (Lipinski definition) is 1. The van der Waals surface area contributed by atoms with Gasteiger partial charge in [0.25, 0.3) is 0 Å². The molecule has 0 saturated carbocycles. The first-order chi connectivity index (χ1) is 8.04. The predicted molar refractivity (Wildman–Crippen MR) is 76.3 cm³/mol. The number of rotatable bonds is 7. The van der Waals surface area contributed by atoms with Gasteiger partial charge in [-0.3, -0.25) is 0 Å². The van der Waals surface area contributed by atoms with Crippen molar-refractivity contribution in [3.05, 3.63) is 35.0 Å². The van der Waals surface area contributed by atoms with E-state index in [2.05, 4.69) is 20.4 Å². The van der Waals surface area contributed by atoms with Crippen LogP contribution >= 0.6 is 11.3 Å². The zero-order chi connectivity index (χ0) is 12.9. The second kappa shape index (κ2) is 5.83. The zero-order valence-corrected chi connectivity index (χ0v) is 12.0. The summed E-state index contributed by atoms with van der Waals surface area (Å²) in [6.45, 7) is 10.2. The fraction of sp³-hybridized carbons (Fsp3) is 0.600. The highest BCUT2D eigenvalue weighted by Gasteiger charge is 2.44. The minimum absolute atomic E-state index is 0.214. The third-order valence-electron chi connectivity index (χ3n) is 3.97. The summed E-state index contributed by atoms with van der Waals surface area (Å²) in [5, 5.41) is 13.0. The van der Waals surface area contributed by atoms with Gasteiger partial charge in [-0.05, 0) is 31.2 Å². The Labute approximate surface area is 109 Å². The molecule has 0 radical (unpaired) electrons. The molecule has 1 nitrogen and oxygen atoms in total. The van der Waals surface area contributed by atoms with Gasteiger partial charge >= 0.3 is 0 Å². The van der Waals surface area contributed by atoms with E-state index in [1.807, 2.05) is 30.5 Å². The number of thiophene rings is 1. The number of hydrogen-bond acceptors (Lipinski definition) is 2. The standard InChI is InChI=1S/C15H24OS/c1-5-8-11-15(6-2,7-3)14(4,16)13-10-9-12-17-13/h6,9-10,12,16H,2,5,7-8,11H2,1,3-4H3/t14-,15-/m0/s1. The number of unbranched alkanes of at least 4 members (excludes halogenated alkanes) is 1. The van der Waals surface area contributed by atoms with Gasteiger partial charge in [-0.15, -0.1) is 17.9 Å². The molecule has 1 rings (SSSR count). The quantitative estimate of drug-likeness (QED) is 0.696. The van der Waals surface area contributed by atoms with E-state index < -0.39 is 5.60 Å². The van der Waals surface area contributed by atoms with Crippen molar-refractivity contribution in [3.63, 3.8) is 0 Å². The Balaban J connectivity index is 3.08. The van der Waals surface area contributed by atoms with Crippen molar-refractivity contribution in [1.29, 1.82) is 0 Å². The molecule has 0 amide bonds. The fourth-order valence-electron chi connectivity index (χ4n) is 2.50. The average molecular weight is 252 g/mol. The molecular weight excluding hydrogens is 228 g/mol. The minimum Gasteiger partial charge on any atom is -0.384 e. The summed E-state index contributed by atoms with van der Waals surface area (Å²) in [7, 11) is 0. The molecule has 0 unspecified atom stereocenters. The topological polar surface area (TPSA) is 20.2 Å². The largest absolute Gasteiger partial charge is 0.384 e. The minimum atomic E-state index is -0.813. The lowest BCUT2D eigenvalue weighted by molar-refractivity contribution is -0.0544. The van der Waals surface area contributed by atoms with E-state index in [1.54, 1.807) is 11.3 Å². The lowest BCUT2D eigenvalue weighted by Crippen LogP contribution is -2.41. The molecule has 1 heterocycles. The number of aliphatic hydroxyl groups is 1. The first kappa shape index (κ1) is 14.5. The van der Waals surface area contributed by atoms with E-state index in [0.717, 1.165) is 30.6 Å². The monoisotopic (exact) mass is 252 g/mol. The van der Waals surface area contributed by atoms with E-state index in [0.29, 0.717) is 0 Å². The normalized spacial score (nSPS) is 18.4. The molecule has 1 aromatic heterocycles. The lowest BCUT2D eigenvalue weighted by Gasteiger charge is -2.42. The van der Waals surface area contributed by atoms with Gasteiger partial charge in [-0.2, -0.15) is 0 Å². The second-order valence-electron chi connectivity index (χ2n) is 4.87. The summed E-state index contributed by atoms with van der Waals surface area (Å²) in [5.41, 5.74) is -1.03.